The number of ether oxygens (including phenoxy) is 3. The van der Waals surface area contributed by atoms with Crippen molar-refractivity contribution >= 4 is 28.6 Å². The molecule has 1 aliphatic heterocycles. The molecule has 178 valence electrons. The Hall–Kier alpha value is -4.26. The fraction of sp³-hybridized carbons (Fsp3) is 0.214. The van der Waals surface area contributed by atoms with Crippen molar-refractivity contribution in [1.82, 2.24) is 9.55 Å². The number of fused-ring (bicyclic) bond motifs is 3. The lowest BCUT2D eigenvalue weighted by atomic mass is 9.92. The molecule has 7 nitrogen and oxygen atoms in total. The third-order valence-electron chi connectivity index (χ3n) is 6.01. The number of imidazole rings is 1. The Morgan fingerprint density at radius 2 is 1.66 bits per heavy atom. The van der Waals surface area contributed by atoms with Crippen LogP contribution in [-0.2, 0) is 9.53 Å². The first-order valence-corrected chi connectivity index (χ1v) is 11.7. The maximum atomic E-state index is 13.5. The van der Waals surface area contributed by atoms with Crippen LogP contribution in [0.5, 0.6) is 11.5 Å². The third kappa shape index (κ3) is 4.10. The highest BCUT2D eigenvalue weighted by Crippen LogP contribution is 2.42. The molecule has 2 heterocycles. The van der Waals surface area contributed by atoms with Gasteiger partial charge in [0.15, 0.2) is 0 Å². The van der Waals surface area contributed by atoms with Crippen molar-refractivity contribution in [2.45, 2.75) is 19.9 Å². The molecule has 1 aromatic heterocycles. The number of aromatic nitrogens is 2. The van der Waals surface area contributed by atoms with Crippen LogP contribution in [0.4, 0.5) is 5.95 Å². The maximum absolute atomic E-state index is 13.5. The van der Waals surface area contributed by atoms with Gasteiger partial charge in [-0.05, 0) is 73.5 Å². The number of nitrogens with zero attached hydrogens (tertiary/aromatic N) is 2. The highest BCUT2D eigenvalue weighted by atomic mass is 16.5. The number of esters is 1. The Morgan fingerprint density at radius 1 is 0.943 bits per heavy atom. The lowest BCUT2D eigenvalue weighted by Gasteiger charge is -2.31. The van der Waals surface area contributed by atoms with E-state index in [1.165, 1.54) is 0 Å². The van der Waals surface area contributed by atoms with Crippen molar-refractivity contribution < 1.29 is 19.0 Å². The van der Waals surface area contributed by atoms with Gasteiger partial charge in [0.2, 0.25) is 5.95 Å². The van der Waals surface area contributed by atoms with E-state index in [9.17, 15) is 4.79 Å². The van der Waals surface area contributed by atoms with Crippen molar-refractivity contribution in [2.75, 3.05) is 25.6 Å². The monoisotopic (exact) mass is 469 g/mol. The van der Waals surface area contributed by atoms with E-state index in [1.807, 2.05) is 86.6 Å². The van der Waals surface area contributed by atoms with Crippen LogP contribution in [0.3, 0.4) is 0 Å². The standard InChI is InChI=1S/C28H27N3O4/c1-4-34-21-16-12-19(13-17-21)26-24(27(32)35-5-2)25(18-10-14-20(33-3)15-11-18)30-28-29-22-8-6-7-9-23(22)31(26)28/h6-17,26H,4-5H2,1-3H3,(H,29,30). The number of hydrogen-bond donors (Lipinski definition) is 1. The summed E-state index contributed by atoms with van der Waals surface area (Å²) in [6.07, 6.45) is 0. The van der Waals surface area contributed by atoms with Gasteiger partial charge >= 0.3 is 5.97 Å². The second-order valence-electron chi connectivity index (χ2n) is 8.06. The van der Waals surface area contributed by atoms with Crippen LogP contribution < -0.4 is 14.8 Å². The van der Waals surface area contributed by atoms with Crippen LogP contribution in [-0.4, -0.2) is 35.8 Å². The number of para-hydroxylation sites is 2. The molecule has 1 aliphatic rings. The zero-order valence-corrected chi connectivity index (χ0v) is 19.9. The van der Waals surface area contributed by atoms with Gasteiger partial charge in [0.05, 0.1) is 48.7 Å². The Kier molecular flexibility index (Phi) is 6.14. The second kappa shape index (κ2) is 9.54. The largest absolute Gasteiger partial charge is 0.497 e. The van der Waals surface area contributed by atoms with Crippen molar-refractivity contribution in [1.29, 1.82) is 0 Å². The number of methoxy groups -OCH3 is 1. The molecule has 0 fully saturated rings. The molecule has 0 saturated carbocycles. The van der Waals surface area contributed by atoms with E-state index in [0.29, 0.717) is 23.8 Å². The van der Waals surface area contributed by atoms with Gasteiger partial charge in [-0.1, -0.05) is 24.3 Å². The molecule has 7 heteroatoms. The van der Waals surface area contributed by atoms with E-state index in [1.54, 1.807) is 7.11 Å². The molecular weight excluding hydrogens is 442 g/mol. The topological polar surface area (TPSA) is 74.6 Å². The minimum Gasteiger partial charge on any atom is -0.497 e. The minimum atomic E-state index is -0.453. The molecule has 0 bridgehead atoms. The SMILES string of the molecule is CCOC(=O)C1=C(c2ccc(OC)cc2)Nc2nc3ccccc3n2C1c1ccc(OCC)cc1. The van der Waals surface area contributed by atoms with Gasteiger partial charge in [-0.25, -0.2) is 9.78 Å². The van der Waals surface area contributed by atoms with E-state index in [0.717, 1.165) is 33.7 Å². The van der Waals surface area contributed by atoms with Gasteiger partial charge < -0.3 is 19.5 Å². The van der Waals surface area contributed by atoms with Gasteiger partial charge in [0.25, 0.3) is 0 Å². The summed E-state index contributed by atoms with van der Waals surface area (Å²) in [6.45, 7) is 4.61. The molecule has 35 heavy (non-hydrogen) atoms. The van der Waals surface area contributed by atoms with Crippen molar-refractivity contribution in [3.63, 3.8) is 0 Å². The number of hydrogen-bond acceptors (Lipinski definition) is 6. The minimum absolute atomic E-state index is 0.270. The Bertz CT molecular complexity index is 1390. The van der Waals surface area contributed by atoms with E-state index in [2.05, 4.69) is 9.88 Å². The number of rotatable bonds is 7. The first-order chi connectivity index (χ1) is 17.1. The molecule has 0 aliphatic carbocycles. The smallest absolute Gasteiger partial charge is 0.338 e. The van der Waals surface area contributed by atoms with Crippen LogP contribution in [0.2, 0.25) is 0 Å². The summed E-state index contributed by atoms with van der Waals surface area (Å²) < 4.78 is 18.6. The number of benzene rings is 3. The highest BCUT2D eigenvalue weighted by molar-refractivity contribution is 6.03. The van der Waals surface area contributed by atoms with Crippen molar-refractivity contribution in [3.8, 4) is 11.5 Å². The van der Waals surface area contributed by atoms with Crippen LogP contribution >= 0.6 is 0 Å². The molecule has 1 unspecified atom stereocenters. The van der Waals surface area contributed by atoms with Crippen LogP contribution in [0.1, 0.15) is 31.0 Å². The molecule has 0 spiro atoms. The molecule has 3 aromatic carbocycles. The summed E-state index contributed by atoms with van der Waals surface area (Å²) in [5, 5.41) is 3.43. The number of carbonyl (C=O) groups excluding carboxylic acids is 1. The first kappa shape index (κ1) is 22.5. The van der Waals surface area contributed by atoms with Gasteiger partial charge in [-0.3, -0.25) is 4.57 Å². The molecule has 0 radical (unpaired) electrons. The van der Waals surface area contributed by atoms with E-state index in [4.69, 9.17) is 19.2 Å². The summed E-state index contributed by atoms with van der Waals surface area (Å²) in [5.74, 6) is 1.79. The van der Waals surface area contributed by atoms with Gasteiger partial charge in [-0.15, -0.1) is 0 Å². The van der Waals surface area contributed by atoms with Crippen molar-refractivity contribution in [2.24, 2.45) is 0 Å². The molecule has 1 atom stereocenters. The predicted molar refractivity (Wildman–Crippen MR) is 136 cm³/mol. The Balaban J connectivity index is 1.76. The zero-order chi connectivity index (χ0) is 24.4. The summed E-state index contributed by atoms with van der Waals surface area (Å²) in [6, 6.07) is 22.9. The van der Waals surface area contributed by atoms with Crippen LogP contribution in [0, 0.1) is 0 Å². The van der Waals surface area contributed by atoms with Crippen LogP contribution in [0.15, 0.2) is 78.4 Å². The predicted octanol–water partition coefficient (Wildman–Crippen LogP) is 5.43. The highest BCUT2D eigenvalue weighted by Gasteiger charge is 2.36. The average Bonchev–Trinajstić information content (AvgIpc) is 3.27. The first-order valence-electron chi connectivity index (χ1n) is 11.7. The Morgan fingerprint density at radius 3 is 2.34 bits per heavy atom. The van der Waals surface area contributed by atoms with E-state index < -0.39 is 6.04 Å². The molecule has 4 aromatic rings. The van der Waals surface area contributed by atoms with Gasteiger partial charge in [0, 0.05) is 0 Å². The van der Waals surface area contributed by atoms with Crippen LogP contribution in [0.25, 0.3) is 16.7 Å². The fourth-order valence-corrected chi connectivity index (χ4v) is 4.48. The van der Waals surface area contributed by atoms with Gasteiger partial charge in [0.1, 0.15) is 11.5 Å². The summed E-state index contributed by atoms with van der Waals surface area (Å²) in [4.78, 5) is 18.4. The summed E-state index contributed by atoms with van der Waals surface area (Å²) in [7, 11) is 1.63. The molecule has 0 amide bonds. The lowest BCUT2D eigenvalue weighted by Crippen LogP contribution is -2.29. The Labute approximate surface area is 204 Å². The normalized spacial score (nSPS) is 14.9. The molecule has 5 rings (SSSR count). The zero-order valence-electron chi connectivity index (χ0n) is 19.9. The molecular formula is C28H27N3O4. The maximum Gasteiger partial charge on any atom is 0.338 e. The molecule has 1 N–H and O–H groups in total. The number of nitrogens with one attached hydrogen (secondary N) is 1. The van der Waals surface area contributed by atoms with Gasteiger partial charge in [-0.2, -0.15) is 0 Å². The fourth-order valence-electron chi connectivity index (χ4n) is 4.48. The lowest BCUT2D eigenvalue weighted by molar-refractivity contribution is -0.138. The van der Waals surface area contributed by atoms with E-state index >= 15 is 0 Å². The summed E-state index contributed by atoms with van der Waals surface area (Å²) >= 11 is 0. The summed E-state index contributed by atoms with van der Waals surface area (Å²) in [5.41, 5.74) is 4.69. The number of anilines is 1. The molecule has 0 saturated heterocycles. The second-order valence-corrected chi connectivity index (χ2v) is 8.06. The average molecular weight is 470 g/mol. The van der Waals surface area contributed by atoms with Crippen molar-refractivity contribution in [3.05, 3.63) is 89.5 Å². The van der Waals surface area contributed by atoms with E-state index in [-0.39, 0.29) is 12.6 Å². The third-order valence-corrected chi connectivity index (χ3v) is 6.01. The number of carbonyl (C=O) groups is 1. The quantitative estimate of drug-likeness (QED) is 0.364.